The molecule has 1 heterocycles. The third-order valence-corrected chi connectivity index (χ3v) is 6.32. The maximum absolute atomic E-state index is 13.2. The molecule has 1 N–H and O–H groups in total. The van der Waals surface area contributed by atoms with Gasteiger partial charge in [-0.05, 0) is 59.8 Å². The Hall–Kier alpha value is -4.42. The van der Waals surface area contributed by atoms with Crippen molar-refractivity contribution in [2.75, 3.05) is 10.2 Å². The SMILES string of the molecule is CCc1ccc(OC(=O)c2ccc(NC3=C(Cl)C(=O)N(c4cccc5ccccc45)C3=O)cc2)cc1. The summed E-state index contributed by atoms with van der Waals surface area (Å²) in [6, 6.07) is 26.6. The van der Waals surface area contributed by atoms with Crippen molar-refractivity contribution in [1.29, 1.82) is 0 Å². The lowest BCUT2D eigenvalue weighted by Gasteiger charge is -2.17. The Morgan fingerprint density at radius 3 is 2.28 bits per heavy atom. The number of ether oxygens (including phenoxy) is 1. The van der Waals surface area contributed by atoms with E-state index in [1.807, 2.05) is 42.5 Å². The average Bonchev–Trinajstić information content (AvgIpc) is 3.12. The van der Waals surface area contributed by atoms with Gasteiger partial charge < -0.3 is 10.1 Å². The lowest BCUT2D eigenvalue weighted by Crippen LogP contribution is -2.32. The van der Waals surface area contributed by atoms with E-state index in [1.54, 1.807) is 48.5 Å². The highest BCUT2D eigenvalue weighted by Crippen LogP contribution is 2.34. The van der Waals surface area contributed by atoms with Crippen LogP contribution in [0.2, 0.25) is 0 Å². The average molecular weight is 497 g/mol. The number of esters is 1. The number of hydrogen-bond donors (Lipinski definition) is 1. The zero-order chi connectivity index (χ0) is 25.2. The number of benzene rings is 4. The molecular weight excluding hydrogens is 476 g/mol. The molecule has 6 nitrogen and oxygen atoms in total. The lowest BCUT2D eigenvalue weighted by molar-refractivity contribution is -0.120. The van der Waals surface area contributed by atoms with Gasteiger partial charge in [-0.3, -0.25) is 9.59 Å². The highest BCUT2D eigenvalue weighted by molar-refractivity contribution is 6.53. The number of halogens is 1. The summed E-state index contributed by atoms with van der Waals surface area (Å²) in [6.45, 7) is 2.05. The van der Waals surface area contributed by atoms with Gasteiger partial charge in [0.1, 0.15) is 16.5 Å². The number of nitrogens with zero attached hydrogens (tertiary/aromatic N) is 1. The first-order chi connectivity index (χ1) is 17.5. The molecule has 0 unspecified atom stereocenters. The van der Waals surface area contributed by atoms with E-state index in [4.69, 9.17) is 16.3 Å². The Morgan fingerprint density at radius 1 is 0.861 bits per heavy atom. The summed E-state index contributed by atoms with van der Waals surface area (Å²) in [5.74, 6) is -1.20. The molecule has 4 aromatic rings. The van der Waals surface area contributed by atoms with Crippen LogP contribution < -0.4 is 15.0 Å². The summed E-state index contributed by atoms with van der Waals surface area (Å²) in [5.41, 5.74) is 2.42. The normalized spacial score (nSPS) is 13.4. The molecule has 178 valence electrons. The van der Waals surface area contributed by atoms with E-state index in [-0.39, 0.29) is 10.7 Å². The number of nitrogens with one attached hydrogen (secondary N) is 1. The molecule has 0 saturated heterocycles. The van der Waals surface area contributed by atoms with Crippen LogP contribution in [0.3, 0.4) is 0 Å². The molecule has 0 radical (unpaired) electrons. The van der Waals surface area contributed by atoms with E-state index in [0.717, 1.165) is 27.7 Å². The zero-order valence-corrected chi connectivity index (χ0v) is 20.1. The van der Waals surface area contributed by atoms with Gasteiger partial charge in [0.2, 0.25) is 0 Å². The summed E-state index contributed by atoms with van der Waals surface area (Å²) < 4.78 is 5.42. The Labute approximate surface area is 212 Å². The molecule has 0 spiro atoms. The van der Waals surface area contributed by atoms with Gasteiger partial charge in [-0.25, -0.2) is 9.69 Å². The third kappa shape index (κ3) is 4.34. The maximum Gasteiger partial charge on any atom is 0.343 e. The van der Waals surface area contributed by atoms with Crippen LogP contribution in [0.1, 0.15) is 22.8 Å². The first-order valence-corrected chi connectivity index (χ1v) is 11.8. The number of aryl methyl sites for hydroxylation is 1. The molecule has 7 heteroatoms. The van der Waals surface area contributed by atoms with E-state index in [1.165, 1.54) is 0 Å². The first-order valence-electron chi connectivity index (χ1n) is 11.4. The van der Waals surface area contributed by atoms with Gasteiger partial charge in [-0.15, -0.1) is 0 Å². The maximum atomic E-state index is 13.2. The van der Waals surface area contributed by atoms with Crippen molar-refractivity contribution in [3.63, 3.8) is 0 Å². The zero-order valence-electron chi connectivity index (χ0n) is 19.3. The smallest absolute Gasteiger partial charge is 0.343 e. The van der Waals surface area contributed by atoms with Gasteiger partial charge in [-0.2, -0.15) is 0 Å². The fourth-order valence-corrected chi connectivity index (χ4v) is 4.24. The van der Waals surface area contributed by atoms with Gasteiger partial charge in [0.05, 0.1) is 11.3 Å². The summed E-state index contributed by atoms with van der Waals surface area (Å²) in [7, 11) is 0. The molecule has 1 aliphatic heterocycles. The van der Waals surface area contributed by atoms with E-state index < -0.39 is 17.8 Å². The van der Waals surface area contributed by atoms with Crippen molar-refractivity contribution in [2.45, 2.75) is 13.3 Å². The highest BCUT2D eigenvalue weighted by atomic mass is 35.5. The summed E-state index contributed by atoms with van der Waals surface area (Å²) in [4.78, 5) is 39.7. The number of amides is 2. The number of hydrogen-bond acceptors (Lipinski definition) is 5. The molecule has 0 aliphatic carbocycles. The monoisotopic (exact) mass is 496 g/mol. The Bertz CT molecular complexity index is 1520. The standard InChI is InChI=1S/C29H21ClN2O4/c1-2-18-10-16-22(17-11-18)36-29(35)20-12-14-21(15-13-20)31-26-25(30)27(33)32(28(26)34)24-9-5-7-19-6-3-4-8-23(19)24/h3-17,31H,2H2,1H3. The second-order valence-corrected chi connectivity index (χ2v) is 8.60. The minimum absolute atomic E-state index is 0.0269. The number of fused-ring (bicyclic) bond motifs is 1. The molecule has 1 aliphatic rings. The van der Waals surface area contributed by atoms with E-state index in [0.29, 0.717) is 22.7 Å². The van der Waals surface area contributed by atoms with Crippen LogP contribution in [-0.4, -0.2) is 17.8 Å². The van der Waals surface area contributed by atoms with Gasteiger partial charge in [0.25, 0.3) is 11.8 Å². The Morgan fingerprint density at radius 2 is 1.56 bits per heavy atom. The van der Waals surface area contributed by atoms with E-state index in [9.17, 15) is 14.4 Å². The second-order valence-electron chi connectivity index (χ2n) is 8.22. The fourth-order valence-electron chi connectivity index (χ4n) is 4.03. The number of anilines is 2. The summed E-state index contributed by atoms with van der Waals surface area (Å²) in [6.07, 6.45) is 0.900. The van der Waals surface area contributed by atoms with Crippen molar-refractivity contribution < 1.29 is 19.1 Å². The predicted octanol–water partition coefficient (Wildman–Crippen LogP) is 6.06. The highest BCUT2D eigenvalue weighted by Gasteiger charge is 2.39. The van der Waals surface area contributed by atoms with Crippen LogP contribution in [0.5, 0.6) is 5.75 Å². The van der Waals surface area contributed by atoms with Crippen molar-refractivity contribution in [3.8, 4) is 5.75 Å². The molecule has 0 atom stereocenters. The number of carbonyl (C=O) groups excluding carboxylic acids is 3. The largest absolute Gasteiger partial charge is 0.423 e. The van der Waals surface area contributed by atoms with Crippen molar-refractivity contribution in [1.82, 2.24) is 0 Å². The topological polar surface area (TPSA) is 75.7 Å². The van der Waals surface area contributed by atoms with Gasteiger partial charge >= 0.3 is 5.97 Å². The summed E-state index contributed by atoms with van der Waals surface area (Å²) in [5, 5.41) is 4.39. The minimum Gasteiger partial charge on any atom is -0.423 e. The van der Waals surface area contributed by atoms with Crippen LogP contribution in [0.25, 0.3) is 10.8 Å². The molecular formula is C29H21ClN2O4. The lowest BCUT2D eigenvalue weighted by atomic mass is 10.1. The Kier molecular flexibility index (Phi) is 6.27. The first kappa shape index (κ1) is 23.3. The van der Waals surface area contributed by atoms with Crippen molar-refractivity contribution >= 4 is 51.5 Å². The van der Waals surface area contributed by atoms with Gasteiger partial charge in [0.15, 0.2) is 0 Å². The molecule has 2 amide bonds. The van der Waals surface area contributed by atoms with E-state index in [2.05, 4.69) is 12.2 Å². The number of rotatable bonds is 6. The van der Waals surface area contributed by atoms with Crippen LogP contribution >= 0.6 is 11.6 Å². The van der Waals surface area contributed by atoms with Crippen LogP contribution in [0, 0.1) is 0 Å². The molecule has 0 aromatic heterocycles. The van der Waals surface area contributed by atoms with E-state index >= 15 is 0 Å². The molecule has 0 bridgehead atoms. The minimum atomic E-state index is -0.602. The molecule has 4 aromatic carbocycles. The van der Waals surface area contributed by atoms with Crippen LogP contribution in [-0.2, 0) is 16.0 Å². The van der Waals surface area contributed by atoms with Crippen LogP contribution in [0.4, 0.5) is 11.4 Å². The van der Waals surface area contributed by atoms with Crippen molar-refractivity contribution in [2.24, 2.45) is 0 Å². The molecule has 0 saturated carbocycles. The molecule has 0 fully saturated rings. The molecule has 36 heavy (non-hydrogen) atoms. The van der Waals surface area contributed by atoms with Crippen LogP contribution in [0.15, 0.2) is 102 Å². The van der Waals surface area contributed by atoms with Gasteiger partial charge in [0, 0.05) is 11.1 Å². The summed E-state index contributed by atoms with van der Waals surface area (Å²) >= 11 is 6.29. The second kappa shape index (κ2) is 9.68. The molecule has 5 rings (SSSR count). The van der Waals surface area contributed by atoms with Crippen molar-refractivity contribution in [3.05, 3.63) is 113 Å². The Balaban J connectivity index is 1.32. The predicted molar refractivity (Wildman–Crippen MR) is 140 cm³/mol. The fraction of sp³-hybridized carbons (Fsp3) is 0.0690. The third-order valence-electron chi connectivity index (χ3n) is 5.97. The van der Waals surface area contributed by atoms with Gasteiger partial charge in [-0.1, -0.05) is 67.1 Å². The number of imide groups is 1. The quantitative estimate of drug-likeness (QED) is 0.199. The number of carbonyl (C=O) groups is 3.